The lowest BCUT2D eigenvalue weighted by Gasteiger charge is -2.36. The summed E-state index contributed by atoms with van der Waals surface area (Å²) in [5, 5.41) is 3.51. The molecule has 2 rings (SSSR count). The molecule has 1 aliphatic heterocycles. The molecule has 0 saturated carbocycles. The SMILES string of the molecule is C[C@@H]1CN(Cc2ccc(NF)cc2)C[C@H](C)N1. The molecule has 1 heterocycles. The lowest BCUT2D eigenvalue weighted by molar-refractivity contribution is 0.166. The first-order valence-corrected chi connectivity index (χ1v) is 6.11. The molecule has 3 nitrogen and oxygen atoms in total. The van der Waals surface area contributed by atoms with Gasteiger partial charge >= 0.3 is 0 Å². The molecule has 94 valence electrons. The molecule has 0 spiro atoms. The Bertz CT molecular complexity index is 342. The van der Waals surface area contributed by atoms with Gasteiger partial charge in [-0.25, -0.2) is 5.54 Å². The van der Waals surface area contributed by atoms with E-state index >= 15 is 0 Å². The van der Waals surface area contributed by atoms with Gasteiger partial charge in [-0.1, -0.05) is 12.1 Å². The van der Waals surface area contributed by atoms with Crippen molar-refractivity contribution in [3.05, 3.63) is 29.8 Å². The highest BCUT2D eigenvalue weighted by molar-refractivity contribution is 5.42. The van der Waals surface area contributed by atoms with Gasteiger partial charge in [0.15, 0.2) is 0 Å². The molecular formula is C13H20FN3. The van der Waals surface area contributed by atoms with Gasteiger partial charge in [-0.15, -0.1) is 4.48 Å². The molecule has 2 atom stereocenters. The standard InChI is InChI=1S/C13H20FN3/c1-10-7-17(8-11(2)15-10)9-12-3-5-13(16-14)6-4-12/h3-6,10-11,15-16H,7-9H2,1-2H3/t10-,11+. The summed E-state index contributed by atoms with van der Waals surface area (Å²) in [5.74, 6) is 0. The molecule has 1 aromatic rings. The lowest BCUT2D eigenvalue weighted by Crippen LogP contribution is -2.53. The van der Waals surface area contributed by atoms with Crippen molar-refractivity contribution >= 4 is 5.69 Å². The van der Waals surface area contributed by atoms with Crippen molar-refractivity contribution in [2.24, 2.45) is 0 Å². The zero-order valence-electron chi connectivity index (χ0n) is 10.4. The van der Waals surface area contributed by atoms with Crippen molar-refractivity contribution < 1.29 is 4.48 Å². The maximum atomic E-state index is 12.1. The number of hydrogen-bond donors (Lipinski definition) is 2. The van der Waals surface area contributed by atoms with Crippen LogP contribution in [-0.4, -0.2) is 30.1 Å². The Kier molecular flexibility index (Phi) is 3.97. The van der Waals surface area contributed by atoms with E-state index in [1.165, 1.54) is 5.56 Å². The van der Waals surface area contributed by atoms with Gasteiger partial charge < -0.3 is 5.32 Å². The van der Waals surface area contributed by atoms with Crippen LogP contribution in [0.4, 0.5) is 10.2 Å². The molecule has 1 fully saturated rings. The smallest absolute Gasteiger partial charge is 0.0655 e. The summed E-state index contributed by atoms with van der Waals surface area (Å²) < 4.78 is 12.1. The molecule has 0 radical (unpaired) electrons. The van der Waals surface area contributed by atoms with Crippen LogP contribution < -0.4 is 10.9 Å². The number of anilines is 1. The fraction of sp³-hybridized carbons (Fsp3) is 0.538. The van der Waals surface area contributed by atoms with E-state index in [0.29, 0.717) is 17.8 Å². The number of rotatable bonds is 3. The lowest BCUT2D eigenvalue weighted by atomic mass is 10.1. The quantitative estimate of drug-likeness (QED) is 0.789. The summed E-state index contributed by atoms with van der Waals surface area (Å²) in [5.41, 5.74) is 3.39. The molecular weight excluding hydrogens is 217 g/mol. The second kappa shape index (κ2) is 5.47. The third-order valence-electron chi connectivity index (χ3n) is 3.10. The van der Waals surface area contributed by atoms with Gasteiger partial charge in [0.05, 0.1) is 5.69 Å². The number of nitrogens with zero attached hydrogens (tertiary/aromatic N) is 1. The van der Waals surface area contributed by atoms with Gasteiger partial charge in [0.1, 0.15) is 0 Å². The monoisotopic (exact) mass is 237 g/mol. The van der Waals surface area contributed by atoms with Crippen LogP contribution in [0.15, 0.2) is 24.3 Å². The molecule has 0 bridgehead atoms. The predicted molar refractivity (Wildman–Crippen MR) is 68.5 cm³/mol. The van der Waals surface area contributed by atoms with Gasteiger partial charge in [0, 0.05) is 31.7 Å². The summed E-state index contributed by atoms with van der Waals surface area (Å²) in [6, 6.07) is 8.55. The first kappa shape index (κ1) is 12.3. The van der Waals surface area contributed by atoms with Gasteiger partial charge in [-0.2, -0.15) is 0 Å². The maximum absolute atomic E-state index is 12.1. The molecule has 4 heteroatoms. The summed E-state index contributed by atoms with van der Waals surface area (Å²) in [7, 11) is 0. The number of piperazine rings is 1. The predicted octanol–water partition coefficient (Wildman–Crippen LogP) is 2.17. The average Bonchev–Trinajstić information content (AvgIpc) is 2.28. The van der Waals surface area contributed by atoms with Crippen molar-refractivity contribution in [3.8, 4) is 0 Å². The first-order valence-electron chi connectivity index (χ1n) is 6.11. The molecule has 0 aliphatic carbocycles. The molecule has 0 amide bonds. The Morgan fingerprint density at radius 3 is 2.35 bits per heavy atom. The minimum atomic E-state index is 0.510. The highest BCUT2D eigenvalue weighted by Gasteiger charge is 2.20. The van der Waals surface area contributed by atoms with Crippen LogP contribution in [-0.2, 0) is 6.54 Å². The van der Waals surface area contributed by atoms with E-state index in [0.717, 1.165) is 19.6 Å². The fourth-order valence-corrected chi connectivity index (χ4v) is 2.50. The number of nitrogens with one attached hydrogen (secondary N) is 2. The largest absolute Gasteiger partial charge is 0.309 e. The number of benzene rings is 1. The van der Waals surface area contributed by atoms with Gasteiger partial charge in [-0.05, 0) is 31.5 Å². The highest BCUT2D eigenvalue weighted by atomic mass is 19.2. The zero-order valence-corrected chi connectivity index (χ0v) is 10.4. The van der Waals surface area contributed by atoms with Gasteiger partial charge in [0.2, 0.25) is 0 Å². The molecule has 17 heavy (non-hydrogen) atoms. The first-order chi connectivity index (χ1) is 8.17. The van der Waals surface area contributed by atoms with Crippen LogP contribution in [0, 0.1) is 0 Å². The van der Waals surface area contributed by atoms with E-state index < -0.39 is 0 Å². The molecule has 2 N–H and O–H groups in total. The summed E-state index contributed by atoms with van der Waals surface area (Å²) in [6.07, 6.45) is 0. The second-order valence-corrected chi connectivity index (χ2v) is 4.95. The number of halogens is 1. The van der Waals surface area contributed by atoms with Crippen LogP contribution in [0.1, 0.15) is 19.4 Å². The van der Waals surface area contributed by atoms with Crippen LogP contribution in [0.25, 0.3) is 0 Å². The Hall–Kier alpha value is -1.13. The minimum Gasteiger partial charge on any atom is -0.309 e. The molecule has 1 aliphatic rings. The van der Waals surface area contributed by atoms with Crippen molar-refractivity contribution in [1.82, 2.24) is 10.2 Å². The van der Waals surface area contributed by atoms with Gasteiger partial charge in [0.25, 0.3) is 0 Å². The summed E-state index contributed by atoms with van der Waals surface area (Å²) in [4.78, 5) is 2.43. The van der Waals surface area contributed by atoms with Crippen molar-refractivity contribution in [1.29, 1.82) is 0 Å². The van der Waals surface area contributed by atoms with Gasteiger partial charge in [-0.3, -0.25) is 4.90 Å². The minimum absolute atomic E-state index is 0.510. The van der Waals surface area contributed by atoms with Crippen LogP contribution in [0.5, 0.6) is 0 Å². The zero-order chi connectivity index (χ0) is 12.3. The number of hydrogen-bond acceptors (Lipinski definition) is 3. The van der Waals surface area contributed by atoms with Crippen LogP contribution in [0.3, 0.4) is 0 Å². The summed E-state index contributed by atoms with van der Waals surface area (Å²) in [6.45, 7) is 7.47. The van der Waals surface area contributed by atoms with Crippen molar-refractivity contribution in [2.75, 3.05) is 18.6 Å². The van der Waals surface area contributed by atoms with E-state index in [2.05, 4.69) is 24.1 Å². The third kappa shape index (κ3) is 3.41. The highest BCUT2D eigenvalue weighted by Crippen LogP contribution is 2.13. The van der Waals surface area contributed by atoms with E-state index in [4.69, 9.17) is 0 Å². The second-order valence-electron chi connectivity index (χ2n) is 4.95. The van der Waals surface area contributed by atoms with E-state index in [1.54, 1.807) is 17.7 Å². The fourth-order valence-electron chi connectivity index (χ4n) is 2.50. The van der Waals surface area contributed by atoms with Crippen LogP contribution >= 0.6 is 0 Å². The molecule has 1 aromatic carbocycles. The van der Waals surface area contributed by atoms with E-state index in [1.807, 2.05) is 12.1 Å². The normalized spacial score (nSPS) is 25.8. The molecule has 0 unspecified atom stereocenters. The third-order valence-corrected chi connectivity index (χ3v) is 3.10. The Morgan fingerprint density at radius 1 is 1.24 bits per heavy atom. The Morgan fingerprint density at radius 2 is 1.82 bits per heavy atom. The van der Waals surface area contributed by atoms with Crippen LogP contribution in [0.2, 0.25) is 0 Å². The van der Waals surface area contributed by atoms with E-state index in [9.17, 15) is 4.48 Å². The Balaban J connectivity index is 1.95. The Labute approximate surface area is 102 Å². The van der Waals surface area contributed by atoms with Crippen molar-refractivity contribution in [3.63, 3.8) is 0 Å². The maximum Gasteiger partial charge on any atom is 0.0655 e. The topological polar surface area (TPSA) is 27.3 Å². The molecule has 0 aromatic heterocycles. The average molecular weight is 237 g/mol. The molecule has 1 saturated heterocycles. The van der Waals surface area contributed by atoms with Crippen molar-refractivity contribution in [2.45, 2.75) is 32.5 Å². The summed E-state index contributed by atoms with van der Waals surface area (Å²) >= 11 is 0. The van der Waals surface area contributed by atoms with E-state index in [-0.39, 0.29) is 0 Å².